The van der Waals surface area contributed by atoms with Crippen LogP contribution in [0.5, 0.6) is 0 Å². The highest BCUT2D eigenvalue weighted by atomic mass is 31.2. The molecule has 0 saturated heterocycles. The van der Waals surface area contributed by atoms with Gasteiger partial charge in [0.25, 0.3) is 0 Å². The molecule has 0 aliphatic carbocycles. The average Bonchev–Trinajstić information content (AvgIpc) is 3.06. The molecule has 2 atom stereocenters. The Bertz CT molecular complexity index is 918. The Kier molecular flexibility index (Phi) is 32.3. The van der Waals surface area contributed by atoms with E-state index in [9.17, 15) is 19.0 Å². The molecule has 9 nitrogen and oxygen atoms in total. The molecule has 0 aromatic heterocycles. The van der Waals surface area contributed by atoms with Crippen LogP contribution < -0.4 is 0 Å². The Balaban J connectivity index is 4.44. The standard InChI is InChI=1S/C40H76NO8P/c1-6-8-10-12-14-16-18-20-22-24-26-28-30-32-39(42)46-36-38(37-48-50(44,45)47-35-34-41(3,4)5)49-40(43)33-31-29-27-25-23-21-19-17-15-13-11-9-7-2/h16-19,38H,6-15,20-37H2,1-5H3/p+1/b18-16+,19-17+/t38-/m1/s1. The van der Waals surface area contributed by atoms with Crippen LogP contribution in [0.1, 0.15) is 168 Å². The van der Waals surface area contributed by atoms with E-state index in [1.807, 2.05) is 21.1 Å². The number of phosphoric acid groups is 1. The first kappa shape index (κ1) is 48.5. The second-order valence-electron chi connectivity index (χ2n) is 14.7. The molecule has 0 bridgehead atoms. The molecule has 0 aromatic rings. The molecule has 1 unspecified atom stereocenters. The summed E-state index contributed by atoms with van der Waals surface area (Å²) in [7, 11) is 1.47. The average molecular weight is 731 g/mol. The lowest BCUT2D eigenvalue weighted by molar-refractivity contribution is -0.870. The first-order valence-corrected chi connectivity index (χ1v) is 21.6. The fourth-order valence-electron chi connectivity index (χ4n) is 5.24. The summed E-state index contributed by atoms with van der Waals surface area (Å²) in [6.07, 6.45) is 33.6. The molecule has 0 rings (SSSR count). The molecular weight excluding hydrogens is 653 g/mol. The highest BCUT2D eigenvalue weighted by Crippen LogP contribution is 2.43. The van der Waals surface area contributed by atoms with Gasteiger partial charge in [-0.15, -0.1) is 0 Å². The second-order valence-corrected chi connectivity index (χ2v) is 16.1. The molecule has 50 heavy (non-hydrogen) atoms. The number of ether oxygens (including phenoxy) is 2. The number of unbranched alkanes of at least 4 members (excludes halogenated alkanes) is 18. The first-order chi connectivity index (χ1) is 24.0. The highest BCUT2D eigenvalue weighted by Gasteiger charge is 2.27. The van der Waals surface area contributed by atoms with Crippen LogP contribution in [0, 0.1) is 0 Å². The summed E-state index contributed by atoms with van der Waals surface area (Å²) in [6, 6.07) is 0. The number of rotatable bonds is 36. The lowest BCUT2D eigenvalue weighted by Crippen LogP contribution is -2.37. The SMILES string of the molecule is CCCCCC/C=C/CCCCCCCC(=O)OC[C@H](COP(=O)(O)OCC[N+](C)(C)C)OC(=O)CCCCCCC/C=C/CCCCCC. The van der Waals surface area contributed by atoms with E-state index in [-0.39, 0.29) is 32.0 Å². The number of nitrogens with zero attached hydrogens (tertiary/aromatic N) is 1. The smallest absolute Gasteiger partial charge is 0.462 e. The quantitative estimate of drug-likeness (QED) is 0.0223. The molecule has 0 fully saturated rings. The van der Waals surface area contributed by atoms with Gasteiger partial charge in [0.2, 0.25) is 0 Å². The predicted molar refractivity (Wildman–Crippen MR) is 206 cm³/mol. The summed E-state index contributed by atoms with van der Waals surface area (Å²) in [5.74, 6) is -0.819. The molecule has 294 valence electrons. The van der Waals surface area contributed by atoms with Gasteiger partial charge in [-0.1, -0.05) is 115 Å². The van der Waals surface area contributed by atoms with Crippen molar-refractivity contribution in [1.82, 2.24) is 0 Å². The topological polar surface area (TPSA) is 108 Å². The van der Waals surface area contributed by atoms with Gasteiger partial charge in [0.1, 0.15) is 19.8 Å². The van der Waals surface area contributed by atoms with Crippen LogP contribution in [0.15, 0.2) is 24.3 Å². The zero-order valence-electron chi connectivity index (χ0n) is 32.9. The van der Waals surface area contributed by atoms with E-state index in [0.717, 1.165) is 70.6 Å². The second kappa shape index (κ2) is 33.3. The third kappa shape index (κ3) is 36.3. The normalized spacial score (nSPS) is 14.0. The molecule has 0 aliphatic heterocycles. The largest absolute Gasteiger partial charge is 0.472 e. The van der Waals surface area contributed by atoms with Crippen LogP contribution in [0.3, 0.4) is 0 Å². The number of hydrogen-bond acceptors (Lipinski definition) is 7. The first-order valence-electron chi connectivity index (χ1n) is 20.1. The minimum absolute atomic E-state index is 0.0296. The van der Waals surface area contributed by atoms with E-state index in [1.165, 1.54) is 64.2 Å². The molecule has 1 N–H and O–H groups in total. The minimum atomic E-state index is -4.37. The minimum Gasteiger partial charge on any atom is -0.462 e. The summed E-state index contributed by atoms with van der Waals surface area (Å²) < 4.78 is 34.2. The Morgan fingerprint density at radius 1 is 0.600 bits per heavy atom. The van der Waals surface area contributed by atoms with Gasteiger partial charge in [-0.05, 0) is 64.2 Å². The van der Waals surface area contributed by atoms with Crippen molar-refractivity contribution in [2.24, 2.45) is 0 Å². The van der Waals surface area contributed by atoms with Gasteiger partial charge in [-0.2, -0.15) is 0 Å². The summed E-state index contributed by atoms with van der Waals surface area (Å²) in [4.78, 5) is 35.2. The van der Waals surface area contributed by atoms with E-state index in [4.69, 9.17) is 18.5 Å². The molecule has 0 radical (unpaired) electrons. The van der Waals surface area contributed by atoms with E-state index < -0.39 is 26.5 Å². The van der Waals surface area contributed by atoms with E-state index >= 15 is 0 Å². The lowest BCUT2D eigenvalue weighted by atomic mass is 10.1. The van der Waals surface area contributed by atoms with E-state index in [2.05, 4.69) is 38.2 Å². The van der Waals surface area contributed by atoms with Gasteiger partial charge in [0.05, 0.1) is 27.7 Å². The Labute approximate surface area is 307 Å². The van der Waals surface area contributed by atoms with Gasteiger partial charge in [-0.25, -0.2) is 4.57 Å². The third-order valence-electron chi connectivity index (χ3n) is 8.45. The van der Waals surface area contributed by atoms with Crippen LogP contribution in [-0.2, 0) is 32.7 Å². The maximum Gasteiger partial charge on any atom is 0.472 e. The summed E-state index contributed by atoms with van der Waals surface area (Å²) >= 11 is 0. The molecule has 0 heterocycles. The molecule has 10 heteroatoms. The Hall–Kier alpha value is -1.51. The molecule has 0 aliphatic rings. The predicted octanol–water partition coefficient (Wildman–Crippen LogP) is 10.8. The van der Waals surface area contributed by atoms with Crippen molar-refractivity contribution in [2.75, 3.05) is 47.5 Å². The van der Waals surface area contributed by atoms with E-state index in [0.29, 0.717) is 17.4 Å². The fraction of sp³-hybridized carbons (Fsp3) is 0.850. The maximum atomic E-state index is 12.6. The van der Waals surface area contributed by atoms with Crippen molar-refractivity contribution in [3.05, 3.63) is 24.3 Å². The number of likely N-dealkylation sites (N-methyl/N-ethyl adjacent to an activating group) is 1. The van der Waals surface area contributed by atoms with Crippen LogP contribution >= 0.6 is 7.82 Å². The molecule has 0 amide bonds. The number of quaternary nitrogens is 1. The molecular formula is C40H77NO8P+. The molecule has 0 spiro atoms. The van der Waals surface area contributed by atoms with Crippen molar-refractivity contribution in [2.45, 2.75) is 174 Å². The molecule has 0 saturated carbocycles. The summed E-state index contributed by atoms with van der Waals surface area (Å²) in [5, 5.41) is 0. The fourth-order valence-corrected chi connectivity index (χ4v) is 5.98. The highest BCUT2D eigenvalue weighted by molar-refractivity contribution is 7.47. The van der Waals surface area contributed by atoms with Crippen LogP contribution in [-0.4, -0.2) is 74.9 Å². The summed E-state index contributed by atoms with van der Waals surface area (Å²) in [6.45, 7) is 4.36. The van der Waals surface area contributed by atoms with Crippen LogP contribution in [0.2, 0.25) is 0 Å². The van der Waals surface area contributed by atoms with Gasteiger partial charge in [-0.3, -0.25) is 18.6 Å². The van der Waals surface area contributed by atoms with E-state index in [1.54, 1.807) is 0 Å². The zero-order chi connectivity index (χ0) is 37.2. The van der Waals surface area contributed by atoms with Gasteiger partial charge >= 0.3 is 19.8 Å². The number of carbonyl (C=O) groups is 2. The van der Waals surface area contributed by atoms with Crippen LogP contribution in [0.4, 0.5) is 0 Å². The van der Waals surface area contributed by atoms with Crippen molar-refractivity contribution in [3.63, 3.8) is 0 Å². The zero-order valence-corrected chi connectivity index (χ0v) is 33.8. The maximum absolute atomic E-state index is 12.6. The van der Waals surface area contributed by atoms with Crippen molar-refractivity contribution in [1.29, 1.82) is 0 Å². The Morgan fingerprint density at radius 2 is 1.02 bits per heavy atom. The van der Waals surface area contributed by atoms with Gasteiger partial charge < -0.3 is 18.9 Å². The Morgan fingerprint density at radius 3 is 1.48 bits per heavy atom. The van der Waals surface area contributed by atoms with Gasteiger partial charge in [0, 0.05) is 12.8 Å². The number of hydrogen-bond donors (Lipinski definition) is 1. The van der Waals surface area contributed by atoms with Crippen LogP contribution in [0.25, 0.3) is 0 Å². The number of allylic oxidation sites excluding steroid dienone is 4. The summed E-state index contributed by atoms with van der Waals surface area (Å²) in [5.41, 5.74) is 0. The number of carbonyl (C=O) groups excluding carboxylic acids is 2. The lowest BCUT2D eigenvalue weighted by Gasteiger charge is -2.24. The number of esters is 2. The third-order valence-corrected chi connectivity index (χ3v) is 9.44. The monoisotopic (exact) mass is 731 g/mol. The van der Waals surface area contributed by atoms with Crippen molar-refractivity contribution >= 4 is 19.8 Å². The van der Waals surface area contributed by atoms with Gasteiger partial charge in [0.15, 0.2) is 6.10 Å². The van der Waals surface area contributed by atoms with Crippen molar-refractivity contribution in [3.8, 4) is 0 Å². The number of phosphoric ester groups is 1. The molecule has 0 aromatic carbocycles. The van der Waals surface area contributed by atoms with Crippen molar-refractivity contribution < 1.29 is 42.1 Å².